The fourth-order valence-electron chi connectivity index (χ4n) is 4.46. The van der Waals surface area contributed by atoms with E-state index in [1.807, 2.05) is 133 Å². The van der Waals surface area contributed by atoms with Gasteiger partial charge in [-0.3, -0.25) is 0 Å². The first kappa shape index (κ1) is 24.4. The maximum Gasteiger partial charge on any atom is 0.171 e. The molecule has 0 aromatic heterocycles. The summed E-state index contributed by atoms with van der Waals surface area (Å²) in [5.41, 5.74) is 2.81. The van der Waals surface area contributed by atoms with Crippen LogP contribution in [-0.4, -0.2) is 14.2 Å². The predicted octanol–water partition coefficient (Wildman–Crippen LogP) is 6.81. The number of anilines is 3. The van der Waals surface area contributed by atoms with Crippen LogP contribution >= 0.6 is 7.14 Å². The van der Waals surface area contributed by atoms with Gasteiger partial charge in [0.05, 0.1) is 14.2 Å². The molecular weight excluding hydrogens is 477 g/mol. The zero-order chi connectivity index (χ0) is 25.7. The summed E-state index contributed by atoms with van der Waals surface area (Å²) in [7, 11) is 0.196. The van der Waals surface area contributed by atoms with Crippen LogP contribution in [-0.2, 0) is 4.57 Å². The summed E-state index contributed by atoms with van der Waals surface area (Å²) in [5, 5.41) is 2.38. The molecule has 0 saturated heterocycles. The van der Waals surface area contributed by atoms with E-state index in [9.17, 15) is 4.57 Å². The summed E-state index contributed by atoms with van der Waals surface area (Å²) >= 11 is 0. The highest BCUT2D eigenvalue weighted by molar-refractivity contribution is 7.85. The minimum Gasteiger partial charge on any atom is -0.497 e. The van der Waals surface area contributed by atoms with E-state index in [1.54, 1.807) is 14.2 Å². The number of benzene rings is 5. The van der Waals surface area contributed by atoms with Crippen LogP contribution in [0.15, 0.2) is 133 Å². The topological polar surface area (TPSA) is 38.8 Å². The molecule has 0 saturated carbocycles. The van der Waals surface area contributed by atoms with Gasteiger partial charge < -0.3 is 18.9 Å². The largest absolute Gasteiger partial charge is 0.497 e. The third-order valence-electron chi connectivity index (χ3n) is 6.35. The highest BCUT2D eigenvalue weighted by Crippen LogP contribution is 2.44. The van der Waals surface area contributed by atoms with Crippen molar-refractivity contribution in [3.63, 3.8) is 0 Å². The zero-order valence-electron chi connectivity index (χ0n) is 20.8. The average molecular weight is 506 g/mol. The predicted molar refractivity (Wildman–Crippen MR) is 154 cm³/mol. The van der Waals surface area contributed by atoms with Gasteiger partial charge in [0.2, 0.25) is 0 Å². The molecule has 0 aliphatic heterocycles. The second-order valence-electron chi connectivity index (χ2n) is 8.53. The van der Waals surface area contributed by atoms with Crippen molar-refractivity contribution in [3.05, 3.63) is 133 Å². The summed E-state index contributed by atoms with van der Waals surface area (Å²) in [6, 6.07) is 43.3. The molecule has 0 spiro atoms. The first-order valence-electron chi connectivity index (χ1n) is 12.0. The Morgan fingerprint density at radius 2 is 0.919 bits per heavy atom. The molecule has 5 rings (SSSR count). The number of ether oxygens (including phenoxy) is 2. The summed E-state index contributed by atoms with van der Waals surface area (Å²) in [6.45, 7) is 0. The second-order valence-corrected chi connectivity index (χ2v) is 11.3. The molecule has 0 bridgehead atoms. The fraction of sp³-hybridized carbons (Fsp3) is 0.0625. The molecule has 184 valence electrons. The van der Waals surface area contributed by atoms with Crippen molar-refractivity contribution in [1.29, 1.82) is 0 Å². The molecule has 0 amide bonds. The van der Waals surface area contributed by atoms with Crippen LogP contribution in [0, 0.1) is 0 Å². The van der Waals surface area contributed by atoms with Gasteiger partial charge >= 0.3 is 0 Å². The number of rotatable bonds is 8. The van der Waals surface area contributed by atoms with Gasteiger partial charge in [0, 0.05) is 33.0 Å². The summed E-state index contributed by atoms with van der Waals surface area (Å²) in [4.78, 5) is 2.14. The first-order chi connectivity index (χ1) is 18.1. The van der Waals surface area contributed by atoms with Crippen molar-refractivity contribution in [2.75, 3.05) is 19.1 Å². The van der Waals surface area contributed by atoms with Gasteiger partial charge in [0.1, 0.15) is 11.5 Å². The molecular formula is C32H28NO3P. The standard InChI is InChI=1S/C32H28NO3P/c1-35-28-20-16-25(17-21-28)33(26-18-22-29(36-2)23-19-26)27-10-9-15-32(24-27)37(34,30-11-5-3-6-12-30)31-13-7-4-8-14-31/h3-24H,1-2H3. The van der Waals surface area contributed by atoms with E-state index >= 15 is 0 Å². The molecule has 37 heavy (non-hydrogen) atoms. The van der Waals surface area contributed by atoms with E-state index in [-0.39, 0.29) is 0 Å². The van der Waals surface area contributed by atoms with E-state index in [0.717, 1.165) is 44.5 Å². The monoisotopic (exact) mass is 505 g/mol. The molecule has 0 atom stereocenters. The van der Waals surface area contributed by atoms with Gasteiger partial charge in [0.15, 0.2) is 7.14 Å². The van der Waals surface area contributed by atoms with Gasteiger partial charge in [0.25, 0.3) is 0 Å². The van der Waals surface area contributed by atoms with Crippen LogP contribution in [0.4, 0.5) is 17.1 Å². The lowest BCUT2D eigenvalue weighted by Gasteiger charge is -2.27. The molecule has 0 unspecified atom stereocenters. The van der Waals surface area contributed by atoms with Crippen molar-refractivity contribution in [1.82, 2.24) is 0 Å². The lowest BCUT2D eigenvalue weighted by Crippen LogP contribution is -2.25. The fourth-order valence-corrected chi connectivity index (χ4v) is 7.15. The first-order valence-corrected chi connectivity index (χ1v) is 13.7. The molecule has 4 nitrogen and oxygen atoms in total. The van der Waals surface area contributed by atoms with Crippen LogP contribution in [0.3, 0.4) is 0 Å². The molecule has 0 aliphatic carbocycles. The third-order valence-corrected chi connectivity index (χ3v) is 9.41. The maximum absolute atomic E-state index is 15.0. The quantitative estimate of drug-likeness (QED) is 0.217. The van der Waals surface area contributed by atoms with Gasteiger partial charge in [-0.05, 0) is 60.7 Å². The maximum atomic E-state index is 15.0. The Balaban J connectivity index is 1.68. The summed E-state index contributed by atoms with van der Waals surface area (Å²) in [6.07, 6.45) is 0. The van der Waals surface area contributed by atoms with Gasteiger partial charge in [-0.25, -0.2) is 0 Å². The zero-order valence-corrected chi connectivity index (χ0v) is 21.7. The van der Waals surface area contributed by atoms with Crippen molar-refractivity contribution in [2.24, 2.45) is 0 Å². The van der Waals surface area contributed by atoms with Crippen molar-refractivity contribution >= 4 is 40.1 Å². The molecule has 0 aliphatic rings. The second kappa shape index (κ2) is 10.8. The molecule has 0 fully saturated rings. The highest BCUT2D eigenvalue weighted by atomic mass is 31.2. The molecule has 0 N–H and O–H groups in total. The van der Waals surface area contributed by atoms with Crippen LogP contribution in [0.1, 0.15) is 0 Å². The Labute approximate surface area is 218 Å². The van der Waals surface area contributed by atoms with Crippen LogP contribution in [0.25, 0.3) is 0 Å². The minimum absolute atomic E-state index is 0.773. The number of hydrogen-bond acceptors (Lipinski definition) is 4. The number of methoxy groups -OCH3 is 2. The lowest BCUT2D eigenvalue weighted by atomic mass is 10.2. The molecule has 0 radical (unpaired) electrons. The van der Waals surface area contributed by atoms with Crippen LogP contribution in [0.5, 0.6) is 11.5 Å². The molecule has 5 aromatic carbocycles. The molecule has 5 heteroatoms. The normalized spacial score (nSPS) is 11.1. The van der Waals surface area contributed by atoms with Gasteiger partial charge in [-0.1, -0.05) is 72.8 Å². The minimum atomic E-state index is -3.12. The van der Waals surface area contributed by atoms with E-state index in [4.69, 9.17) is 9.47 Å². The molecule has 5 aromatic rings. The SMILES string of the molecule is COc1ccc(N(c2ccc(OC)cc2)c2cccc(P(=O)(c3ccccc3)c3ccccc3)c2)cc1. The Kier molecular flexibility index (Phi) is 7.11. The van der Waals surface area contributed by atoms with Crippen molar-refractivity contribution in [3.8, 4) is 11.5 Å². The number of nitrogens with zero attached hydrogens (tertiary/aromatic N) is 1. The highest BCUT2D eigenvalue weighted by Gasteiger charge is 2.30. The van der Waals surface area contributed by atoms with Gasteiger partial charge in [-0.2, -0.15) is 0 Å². The Bertz CT molecular complexity index is 1410. The summed E-state index contributed by atoms with van der Waals surface area (Å²) < 4.78 is 25.7. The van der Waals surface area contributed by atoms with Crippen LogP contribution in [0.2, 0.25) is 0 Å². The van der Waals surface area contributed by atoms with E-state index in [0.29, 0.717) is 0 Å². The van der Waals surface area contributed by atoms with Crippen molar-refractivity contribution in [2.45, 2.75) is 0 Å². The summed E-state index contributed by atoms with van der Waals surface area (Å²) in [5.74, 6) is 1.56. The number of hydrogen-bond donors (Lipinski definition) is 0. The lowest BCUT2D eigenvalue weighted by molar-refractivity contribution is 0.415. The van der Waals surface area contributed by atoms with Gasteiger partial charge in [-0.15, -0.1) is 0 Å². The Hall–Kier alpha value is -4.27. The third kappa shape index (κ3) is 4.89. The average Bonchev–Trinajstić information content (AvgIpc) is 2.98. The van der Waals surface area contributed by atoms with E-state index in [2.05, 4.69) is 4.90 Å². The Morgan fingerprint density at radius 3 is 1.35 bits per heavy atom. The van der Waals surface area contributed by atoms with E-state index in [1.165, 1.54) is 0 Å². The van der Waals surface area contributed by atoms with Crippen molar-refractivity contribution < 1.29 is 14.0 Å². The Morgan fingerprint density at radius 1 is 0.486 bits per heavy atom. The molecule has 0 heterocycles. The van der Waals surface area contributed by atoms with Crippen LogP contribution < -0.4 is 30.3 Å². The van der Waals surface area contributed by atoms with E-state index < -0.39 is 7.14 Å². The smallest absolute Gasteiger partial charge is 0.171 e.